The molecular formula is C22H25N3. The maximum atomic E-state index is 9.38. The van der Waals surface area contributed by atoms with Crippen molar-refractivity contribution in [1.29, 1.82) is 5.26 Å². The molecule has 0 N–H and O–H groups in total. The molecule has 1 saturated carbocycles. The molecule has 3 heteroatoms. The van der Waals surface area contributed by atoms with Gasteiger partial charge in [0.2, 0.25) is 0 Å². The number of rotatable bonds is 4. The SMILES string of the molecule is CC(C1CC1)N1CCc2ccc(N(C)c3ccccc3C#N)cc2C1. The summed E-state index contributed by atoms with van der Waals surface area (Å²) in [6, 6.07) is 17.6. The highest BCUT2D eigenvalue weighted by atomic mass is 15.2. The van der Waals surface area contributed by atoms with Crippen molar-refractivity contribution in [3.8, 4) is 6.07 Å². The second-order valence-corrected chi connectivity index (χ2v) is 7.44. The molecule has 2 aliphatic rings. The molecule has 0 radical (unpaired) electrons. The molecule has 2 aromatic rings. The van der Waals surface area contributed by atoms with E-state index in [9.17, 15) is 5.26 Å². The average Bonchev–Trinajstić information content (AvgIpc) is 3.51. The first-order valence-electron chi connectivity index (χ1n) is 9.26. The molecule has 1 heterocycles. The molecule has 0 aromatic heterocycles. The molecule has 25 heavy (non-hydrogen) atoms. The lowest BCUT2D eigenvalue weighted by Crippen LogP contribution is -2.38. The van der Waals surface area contributed by atoms with Crippen LogP contribution in [-0.4, -0.2) is 24.5 Å². The van der Waals surface area contributed by atoms with E-state index in [1.54, 1.807) is 0 Å². The van der Waals surface area contributed by atoms with Crippen LogP contribution in [-0.2, 0) is 13.0 Å². The van der Waals surface area contributed by atoms with Crippen LogP contribution in [0.5, 0.6) is 0 Å². The number of hydrogen-bond acceptors (Lipinski definition) is 3. The van der Waals surface area contributed by atoms with Gasteiger partial charge < -0.3 is 4.90 Å². The van der Waals surface area contributed by atoms with Crippen LogP contribution in [0.15, 0.2) is 42.5 Å². The third-order valence-corrected chi connectivity index (χ3v) is 5.88. The normalized spacial score (nSPS) is 18.3. The van der Waals surface area contributed by atoms with Crippen molar-refractivity contribution < 1.29 is 0 Å². The highest BCUT2D eigenvalue weighted by Crippen LogP contribution is 2.37. The Morgan fingerprint density at radius 3 is 2.72 bits per heavy atom. The van der Waals surface area contributed by atoms with Crippen LogP contribution < -0.4 is 4.90 Å². The lowest BCUT2D eigenvalue weighted by molar-refractivity contribution is 0.172. The first kappa shape index (κ1) is 16.2. The number of para-hydroxylation sites is 1. The first-order valence-corrected chi connectivity index (χ1v) is 9.26. The minimum Gasteiger partial charge on any atom is -0.344 e. The van der Waals surface area contributed by atoms with Gasteiger partial charge in [-0.1, -0.05) is 18.2 Å². The van der Waals surface area contributed by atoms with Gasteiger partial charge in [0.25, 0.3) is 0 Å². The Labute approximate surface area is 150 Å². The molecule has 4 rings (SSSR count). The molecule has 128 valence electrons. The number of nitriles is 1. The summed E-state index contributed by atoms with van der Waals surface area (Å²) in [5.41, 5.74) is 5.75. The van der Waals surface area contributed by atoms with Crippen molar-refractivity contribution in [2.75, 3.05) is 18.5 Å². The summed E-state index contributed by atoms with van der Waals surface area (Å²) in [7, 11) is 2.05. The smallest absolute Gasteiger partial charge is 0.101 e. The fourth-order valence-electron chi connectivity index (χ4n) is 4.00. The second kappa shape index (κ2) is 6.54. The zero-order valence-corrected chi connectivity index (χ0v) is 15.1. The van der Waals surface area contributed by atoms with E-state index in [0.29, 0.717) is 11.6 Å². The number of fused-ring (bicyclic) bond motifs is 1. The van der Waals surface area contributed by atoms with E-state index in [-0.39, 0.29) is 0 Å². The average molecular weight is 331 g/mol. The quantitative estimate of drug-likeness (QED) is 0.827. The largest absolute Gasteiger partial charge is 0.344 e. The van der Waals surface area contributed by atoms with Crippen molar-refractivity contribution in [2.24, 2.45) is 5.92 Å². The van der Waals surface area contributed by atoms with E-state index in [2.05, 4.69) is 41.0 Å². The third kappa shape index (κ3) is 3.15. The summed E-state index contributed by atoms with van der Waals surface area (Å²) < 4.78 is 0. The summed E-state index contributed by atoms with van der Waals surface area (Å²) in [5, 5.41) is 9.38. The van der Waals surface area contributed by atoms with E-state index >= 15 is 0 Å². The van der Waals surface area contributed by atoms with Gasteiger partial charge in [-0.25, -0.2) is 0 Å². The zero-order chi connectivity index (χ0) is 17.4. The van der Waals surface area contributed by atoms with E-state index in [1.807, 2.05) is 31.3 Å². The molecule has 0 spiro atoms. The fourth-order valence-corrected chi connectivity index (χ4v) is 4.00. The van der Waals surface area contributed by atoms with E-state index in [1.165, 1.54) is 30.5 Å². The number of anilines is 2. The van der Waals surface area contributed by atoms with Crippen LogP contribution in [0.4, 0.5) is 11.4 Å². The van der Waals surface area contributed by atoms with E-state index in [4.69, 9.17) is 0 Å². The molecule has 2 aromatic carbocycles. The van der Waals surface area contributed by atoms with Crippen molar-refractivity contribution >= 4 is 11.4 Å². The monoisotopic (exact) mass is 331 g/mol. The Hall–Kier alpha value is -2.31. The maximum absolute atomic E-state index is 9.38. The first-order chi connectivity index (χ1) is 12.2. The second-order valence-electron chi connectivity index (χ2n) is 7.44. The molecule has 1 aliphatic heterocycles. The summed E-state index contributed by atoms with van der Waals surface area (Å²) in [4.78, 5) is 4.77. The molecule has 1 aliphatic carbocycles. The van der Waals surface area contributed by atoms with Crippen LogP contribution in [0.2, 0.25) is 0 Å². The molecule has 1 fully saturated rings. The summed E-state index contributed by atoms with van der Waals surface area (Å²) in [6.45, 7) is 4.62. The fraction of sp³-hybridized carbons (Fsp3) is 0.409. The van der Waals surface area contributed by atoms with Gasteiger partial charge in [-0.05, 0) is 67.5 Å². The molecule has 3 nitrogen and oxygen atoms in total. The molecule has 1 unspecified atom stereocenters. The Morgan fingerprint density at radius 2 is 1.96 bits per heavy atom. The highest BCUT2D eigenvalue weighted by molar-refractivity contribution is 5.69. The Bertz CT molecular complexity index is 816. The van der Waals surface area contributed by atoms with Gasteiger partial charge in [0.15, 0.2) is 0 Å². The third-order valence-electron chi connectivity index (χ3n) is 5.88. The van der Waals surface area contributed by atoms with Crippen LogP contribution in [0.25, 0.3) is 0 Å². The number of benzene rings is 2. The Morgan fingerprint density at radius 1 is 1.16 bits per heavy atom. The van der Waals surface area contributed by atoms with Crippen molar-refractivity contribution in [2.45, 2.75) is 38.8 Å². The number of nitrogens with zero attached hydrogens (tertiary/aromatic N) is 3. The van der Waals surface area contributed by atoms with E-state index in [0.717, 1.165) is 30.3 Å². The topological polar surface area (TPSA) is 30.3 Å². The van der Waals surface area contributed by atoms with Crippen LogP contribution >= 0.6 is 0 Å². The van der Waals surface area contributed by atoms with Gasteiger partial charge in [-0.3, -0.25) is 4.90 Å². The summed E-state index contributed by atoms with van der Waals surface area (Å²) in [6.07, 6.45) is 3.95. The van der Waals surface area contributed by atoms with Gasteiger partial charge in [0.1, 0.15) is 6.07 Å². The lowest BCUT2D eigenvalue weighted by atomic mass is 9.97. The van der Waals surface area contributed by atoms with Crippen LogP contribution in [0.1, 0.15) is 36.5 Å². The van der Waals surface area contributed by atoms with Gasteiger partial charge >= 0.3 is 0 Å². The van der Waals surface area contributed by atoms with Gasteiger partial charge in [-0.2, -0.15) is 5.26 Å². The van der Waals surface area contributed by atoms with Crippen molar-refractivity contribution in [3.05, 3.63) is 59.2 Å². The van der Waals surface area contributed by atoms with Crippen LogP contribution in [0.3, 0.4) is 0 Å². The molecule has 0 bridgehead atoms. The van der Waals surface area contributed by atoms with Crippen molar-refractivity contribution in [3.63, 3.8) is 0 Å². The molecular weight excluding hydrogens is 306 g/mol. The highest BCUT2D eigenvalue weighted by Gasteiger charge is 2.33. The predicted molar refractivity (Wildman–Crippen MR) is 102 cm³/mol. The summed E-state index contributed by atoms with van der Waals surface area (Å²) in [5.74, 6) is 0.912. The van der Waals surface area contributed by atoms with Crippen LogP contribution in [0, 0.1) is 17.2 Å². The van der Waals surface area contributed by atoms with Gasteiger partial charge in [-0.15, -0.1) is 0 Å². The molecule has 0 amide bonds. The Balaban J connectivity index is 1.60. The summed E-state index contributed by atoms with van der Waals surface area (Å²) >= 11 is 0. The maximum Gasteiger partial charge on any atom is 0.101 e. The van der Waals surface area contributed by atoms with Crippen molar-refractivity contribution in [1.82, 2.24) is 4.90 Å². The molecule has 0 saturated heterocycles. The standard InChI is InChI=1S/C22H25N3/c1-16(17-7-8-17)25-12-11-18-9-10-21(13-20(18)15-25)24(2)22-6-4-3-5-19(22)14-23/h3-6,9-10,13,16-17H,7-8,11-12,15H2,1-2H3. The minimum absolute atomic E-state index is 0.703. The zero-order valence-electron chi connectivity index (χ0n) is 15.1. The lowest BCUT2D eigenvalue weighted by Gasteiger charge is -2.34. The van der Waals surface area contributed by atoms with E-state index < -0.39 is 0 Å². The van der Waals surface area contributed by atoms with Gasteiger partial charge in [0, 0.05) is 31.9 Å². The molecule has 1 atom stereocenters. The Kier molecular flexibility index (Phi) is 4.23. The predicted octanol–water partition coefficient (Wildman–Crippen LogP) is 4.48. The number of hydrogen-bond donors (Lipinski definition) is 0. The minimum atomic E-state index is 0.703. The van der Waals surface area contributed by atoms with Gasteiger partial charge in [0.05, 0.1) is 11.3 Å².